The molecule has 0 atom stereocenters. The molecule has 0 saturated carbocycles. The van der Waals surface area contributed by atoms with Gasteiger partial charge in [0, 0.05) is 27.7 Å². The van der Waals surface area contributed by atoms with E-state index in [9.17, 15) is 14.0 Å². The van der Waals surface area contributed by atoms with Crippen LogP contribution in [0.1, 0.15) is 16.9 Å². The van der Waals surface area contributed by atoms with Crippen molar-refractivity contribution in [3.05, 3.63) is 52.5 Å². The minimum absolute atomic E-state index is 0.233. The predicted molar refractivity (Wildman–Crippen MR) is 85.8 cm³/mol. The van der Waals surface area contributed by atoms with Gasteiger partial charge in [-0.25, -0.2) is 4.39 Å². The van der Waals surface area contributed by atoms with E-state index in [1.54, 1.807) is 24.4 Å². The first-order valence-electron chi connectivity index (χ1n) is 6.36. The molecule has 0 radical (unpaired) electrons. The smallest absolute Gasteiger partial charge is 0.286 e. The number of carbonyl (C=O) groups excluding carboxylic acids is 2. The van der Waals surface area contributed by atoms with Crippen molar-refractivity contribution in [2.75, 3.05) is 5.75 Å². The van der Waals surface area contributed by atoms with Crippen LogP contribution in [0.15, 0.2) is 45.9 Å². The van der Waals surface area contributed by atoms with Gasteiger partial charge in [-0.3, -0.25) is 20.4 Å². The number of hydrogen-bond acceptors (Lipinski definition) is 3. The second-order valence-corrected chi connectivity index (χ2v) is 6.37. The van der Waals surface area contributed by atoms with Crippen LogP contribution in [0, 0.1) is 5.82 Å². The van der Waals surface area contributed by atoms with Crippen LogP contribution in [0.3, 0.4) is 0 Å². The van der Waals surface area contributed by atoms with Gasteiger partial charge in [-0.15, -0.1) is 11.8 Å². The molecule has 5 nitrogen and oxygen atoms in total. The van der Waals surface area contributed by atoms with Crippen molar-refractivity contribution in [1.82, 2.24) is 15.8 Å². The Kier molecular flexibility index (Phi) is 6.02. The van der Waals surface area contributed by atoms with Crippen molar-refractivity contribution in [3.63, 3.8) is 0 Å². The molecule has 0 fully saturated rings. The van der Waals surface area contributed by atoms with Crippen LogP contribution in [-0.4, -0.2) is 22.6 Å². The molecule has 2 amide bonds. The van der Waals surface area contributed by atoms with Gasteiger partial charge in [-0.1, -0.05) is 0 Å². The Labute approximate surface area is 139 Å². The molecule has 0 aliphatic rings. The average molecular weight is 386 g/mol. The van der Waals surface area contributed by atoms with Crippen LogP contribution in [0.4, 0.5) is 4.39 Å². The molecule has 0 spiro atoms. The number of halogens is 2. The maximum Gasteiger partial charge on any atom is 0.286 e. The molecule has 1 heterocycles. The number of aromatic amines is 1. The summed E-state index contributed by atoms with van der Waals surface area (Å²) in [6, 6.07) is 7.66. The van der Waals surface area contributed by atoms with Crippen LogP contribution in [0.5, 0.6) is 0 Å². The van der Waals surface area contributed by atoms with Crippen LogP contribution in [-0.2, 0) is 4.79 Å². The quantitative estimate of drug-likeness (QED) is 0.547. The fourth-order valence-corrected chi connectivity index (χ4v) is 2.74. The standard InChI is InChI=1S/C14H13BrFN3O2S/c15-9-7-12(17-8-9)14(21)19-18-13(20)5-6-22-11-3-1-10(16)2-4-11/h1-4,7-8,17H,5-6H2,(H,18,20)(H,19,21). The lowest BCUT2D eigenvalue weighted by Crippen LogP contribution is -2.41. The number of thioether (sulfide) groups is 1. The molecule has 1 aromatic carbocycles. The molecule has 0 aliphatic carbocycles. The number of aromatic nitrogens is 1. The molecule has 22 heavy (non-hydrogen) atoms. The second-order valence-electron chi connectivity index (χ2n) is 4.29. The minimum Gasteiger partial charge on any atom is -0.356 e. The Morgan fingerprint density at radius 2 is 1.95 bits per heavy atom. The first-order chi connectivity index (χ1) is 10.5. The van der Waals surface area contributed by atoms with E-state index in [4.69, 9.17) is 0 Å². The van der Waals surface area contributed by atoms with Gasteiger partial charge in [0.15, 0.2) is 0 Å². The number of H-pyrrole nitrogens is 1. The van der Waals surface area contributed by atoms with Crippen LogP contribution in [0.25, 0.3) is 0 Å². The topological polar surface area (TPSA) is 74.0 Å². The molecule has 2 rings (SSSR count). The van der Waals surface area contributed by atoms with E-state index in [1.165, 1.54) is 23.9 Å². The molecular weight excluding hydrogens is 373 g/mol. The third kappa shape index (κ3) is 5.19. The Balaban J connectivity index is 1.67. The van der Waals surface area contributed by atoms with Crippen molar-refractivity contribution >= 4 is 39.5 Å². The number of hydrogen-bond donors (Lipinski definition) is 3. The lowest BCUT2D eigenvalue weighted by Gasteiger charge is -2.06. The highest BCUT2D eigenvalue weighted by molar-refractivity contribution is 9.10. The van der Waals surface area contributed by atoms with Gasteiger partial charge in [0.25, 0.3) is 5.91 Å². The van der Waals surface area contributed by atoms with E-state index in [-0.39, 0.29) is 18.1 Å². The van der Waals surface area contributed by atoms with Gasteiger partial charge < -0.3 is 4.98 Å². The molecule has 0 saturated heterocycles. The lowest BCUT2D eigenvalue weighted by molar-refractivity contribution is -0.121. The molecule has 0 aliphatic heterocycles. The summed E-state index contributed by atoms with van der Waals surface area (Å²) in [4.78, 5) is 26.9. The number of rotatable bonds is 5. The second kappa shape index (κ2) is 8.00. The molecule has 0 bridgehead atoms. The number of carbonyl (C=O) groups is 2. The Hall–Kier alpha value is -1.80. The highest BCUT2D eigenvalue weighted by Crippen LogP contribution is 2.18. The van der Waals surface area contributed by atoms with E-state index >= 15 is 0 Å². The Morgan fingerprint density at radius 1 is 1.23 bits per heavy atom. The Morgan fingerprint density at radius 3 is 2.59 bits per heavy atom. The molecule has 8 heteroatoms. The van der Waals surface area contributed by atoms with Crippen molar-refractivity contribution < 1.29 is 14.0 Å². The van der Waals surface area contributed by atoms with E-state index in [2.05, 4.69) is 31.8 Å². The third-order valence-corrected chi connectivity index (χ3v) is 4.09. The number of amides is 2. The Bertz CT molecular complexity index is 660. The van der Waals surface area contributed by atoms with Crippen molar-refractivity contribution in [2.24, 2.45) is 0 Å². The summed E-state index contributed by atoms with van der Waals surface area (Å²) in [5.74, 6) is -0.485. The fourth-order valence-electron chi connectivity index (χ4n) is 1.55. The van der Waals surface area contributed by atoms with Crippen molar-refractivity contribution in [3.8, 4) is 0 Å². The molecule has 2 aromatic rings. The van der Waals surface area contributed by atoms with Gasteiger partial charge in [-0.05, 0) is 46.3 Å². The molecule has 1 aromatic heterocycles. The largest absolute Gasteiger partial charge is 0.356 e. The summed E-state index contributed by atoms with van der Waals surface area (Å²) in [6.07, 6.45) is 1.85. The van der Waals surface area contributed by atoms with E-state index in [0.29, 0.717) is 11.4 Å². The normalized spacial score (nSPS) is 10.3. The highest BCUT2D eigenvalue weighted by atomic mass is 79.9. The zero-order valence-corrected chi connectivity index (χ0v) is 13.8. The van der Waals surface area contributed by atoms with Gasteiger partial charge in [0.2, 0.25) is 5.91 Å². The summed E-state index contributed by atoms with van der Waals surface area (Å²) in [5.41, 5.74) is 5.00. The van der Waals surface area contributed by atoms with Crippen molar-refractivity contribution in [1.29, 1.82) is 0 Å². The maximum absolute atomic E-state index is 12.7. The summed E-state index contributed by atoms with van der Waals surface area (Å²) in [7, 11) is 0. The van der Waals surface area contributed by atoms with Crippen LogP contribution < -0.4 is 10.9 Å². The van der Waals surface area contributed by atoms with Crippen LogP contribution in [0.2, 0.25) is 0 Å². The summed E-state index contributed by atoms with van der Waals surface area (Å²) in [6.45, 7) is 0. The summed E-state index contributed by atoms with van der Waals surface area (Å²) >= 11 is 4.66. The molecular formula is C14H13BrFN3O2S. The zero-order valence-electron chi connectivity index (χ0n) is 11.4. The SMILES string of the molecule is O=C(CCSc1ccc(F)cc1)NNC(=O)c1cc(Br)c[nH]1. The lowest BCUT2D eigenvalue weighted by atomic mass is 10.4. The van der Waals surface area contributed by atoms with Crippen molar-refractivity contribution in [2.45, 2.75) is 11.3 Å². The van der Waals surface area contributed by atoms with Gasteiger partial charge >= 0.3 is 0 Å². The van der Waals surface area contributed by atoms with Gasteiger partial charge in [-0.2, -0.15) is 0 Å². The van der Waals surface area contributed by atoms with Gasteiger partial charge in [0.1, 0.15) is 11.5 Å². The number of nitrogens with one attached hydrogen (secondary N) is 3. The number of hydrazine groups is 1. The third-order valence-electron chi connectivity index (χ3n) is 2.62. The van der Waals surface area contributed by atoms with E-state index < -0.39 is 5.91 Å². The molecule has 0 unspecified atom stereocenters. The van der Waals surface area contributed by atoms with Crippen LogP contribution >= 0.6 is 27.7 Å². The van der Waals surface area contributed by atoms with E-state index in [0.717, 1.165) is 9.37 Å². The summed E-state index contributed by atoms with van der Waals surface area (Å²) in [5, 5.41) is 0. The predicted octanol–water partition coefficient (Wildman–Crippen LogP) is 2.86. The minimum atomic E-state index is -0.426. The van der Waals surface area contributed by atoms with Gasteiger partial charge in [0.05, 0.1) is 0 Å². The number of benzene rings is 1. The molecule has 116 valence electrons. The first kappa shape index (κ1) is 16.6. The first-order valence-corrected chi connectivity index (χ1v) is 8.14. The zero-order chi connectivity index (χ0) is 15.9. The van der Waals surface area contributed by atoms with E-state index in [1.807, 2.05) is 0 Å². The monoisotopic (exact) mass is 385 g/mol. The maximum atomic E-state index is 12.7. The highest BCUT2D eigenvalue weighted by Gasteiger charge is 2.09. The average Bonchev–Trinajstić information content (AvgIpc) is 2.93. The summed E-state index contributed by atoms with van der Waals surface area (Å²) < 4.78 is 13.5. The molecule has 3 N–H and O–H groups in total. The fraction of sp³-hybridized carbons (Fsp3) is 0.143.